The molecule has 5 nitrogen and oxygen atoms in total. The number of benzene rings is 2. The summed E-state index contributed by atoms with van der Waals surface area (Å²) in [7, 11) is 1.55. The van der Waals surface area contributed by atoms with Crippen LogP contribution in [0.15, 0.2) is 59.1 Å². The van der Waals surface area contributed by atoms with Crippen LogP contribution in [0.3, 0.4) is 0 Å². The van der Waals surface area contributed by atoms with Gasteiger partial charge in [-0.2, -0.15) is 0 Å². The number of rotatable bonds is 4. The molecule has 3 aromatic rings. The Labute approximate surface area is 133 Å². The van der Waals surface area contributed by atoms with Gasteiger partial charge in [0.2, 0.25) is 0 Å². The molecule has 0 spiro atoms. The Balaban J connectivity index is 1.80. The normalized spacial score (nSPS) is 10.3. The van der Waals surface area contributed by atoms with Gasteiger partial charge in [-0.1, -0.05) is 47.1 Å². The number of carbonyl (C=O) groups is 1. The molecule has 0 aliphatic heterocycles. The third-order valence-corrected chi connectivity index (χ3v) is 3.43. The minimum absolute atomic E-state index is 0.214. The zero-order valence-electron chi connectivity index (χ0n) is 12.9. The maximum atomic E-state index is 12.3. The molecule has 0 atom stereocenters. The van der Waals surface area contributed by atoms with Crippen LogP contribution in [0.25, 0.3) is 11.3 Å². The minimum Gasteiger partial charge on any atom is -0.495 e. The maximum absolute atomic E-state index is 12.3. The molecule has 1 heterocycles. The van der Waals surface area contributed by atoms with Crippen molar-refractivity contribution in [3.05, 3.63) is 65.9 Å². The van der Waals surface area contributed by atoms with Gasteiger partial charge in [0.25, 0.3) is 5.91 Å². The van der Waals surface area contributed by atoms with Crippen molar-refractivity contribution in [3.63, 3.8) is 0 Å². The average Bonchev–Trinajstić information content (AvgIpc) is 3.06. The molecule has 1 aromatic heterocycles. The lowest BCUT2D eigenvalue weighted by molar-refractivity contribution is 0.101. The highest BCUT2D eigenvalue weighted by Gasteiger charge is 2.15. The first kappa shape index (κ1) is 14.8. The fraction of sp³-hybridized carbons (Fsp3) is 0.111. The predicted octanol–water partition coefficient (Wildman–Crippen LogP) is 3.91. The first-order chi connectivity index (χ1) is 11.2. The molecule has 0 fully saturated rings. The van der Waals surface area contributed by atoms with Crippen molar-refractivity contribution < 1.29 is 14.1 Å². The Morgan fingerprint density at radius 1 is 1.13 bits per heavy atom. The Hall–Kier alpha value is -3.08. The topological polar surface area (TPSA) is 64.4 Å². The number of nitrogens with zero attached hydrogens (tertiary/aromatic N) is 1. The van der Waals surface area contributed by atoms with Crippen LogP contribution in [0.5, 0.6) is 5.75 Å². The van der Waals surface area contributed by atoms with Crippen molar-refractivity contribution in [2.24, 2.45) is 0 Å². The quantitative estimate of drug-likeness (QED) is 0.793. The number of hydrogen-bond acceptors (Lipinski definition) is 4. The molecule has 0 saturated heterocycles. The van der Waals surface area contributed by atoms with E-state index in [-0.39, 0.29) is 11.6 Å². The molecular weight excluding hydrogens is 292 g/mol. The third kappa shape index (κ3) is 3.23. The number of aryl methyl sites for hydroxylation is 1. The Bertz CT molecular complexity index is 822. The van der Waals surface area contributed by atoms with Gasteiger partial charge < -0.3 is 14.6 Å². The van der Waals surface area contributed by atoms with Crippen molar-refractivity contribution in [1.82, 2.24) is 5.16 Å². The molecule has 1 N–H and O–H groups in total. The highest BCUT2D eigenvalue weighted by molar-refractivity contribution is 6.04. The van der Waals surface area contributed by atoms with Crippen LogP contribution in [0.1, 0.15) is 16.1 Å². The lowest BCUT2D eigenvalue weighted by atomic mass is 10.1. The molecule has 1 amide bonds. The molecule has 0 bridgehead atoms. The third-order valence-electron chi connectivity index (χ3n) is 3.43. The molecule has 0 unspecified atom stereocenters. The predicted molar refractivity (Wildman–Crippen MR) is 87.6 cm³/mol. The smallest absolute Gasteiger partial charge is 0.277 e. The minimum atomic E-state index is -0.350. The number of carbonyl (C=O) groups excluding carboxylic acids is 1. The van der Waals surface area contributed by atoms with Crippen LogP contribution >= 0.6 is 0 Å². The summed E-state index contributed by atoms with van der Waals surface area (Å²) in [5.41, 5.74) is 2.83. The summed E-state index contributed by atoms with van der Waals surface area (Å²) in [6, 6.07) is 16.6. The number of anilines is 1. The fourth-order valence-corrected chi connectivity index (χ4v) is 2.17. The summed E-state index contributed by atoms with van der Waals surface area (Å²) in [6.45, 7) is 2.01. The van der Waals surface area contributed by atoms with Gasteiger partial charge in [0.15, 0.2) is 11.5 Å². The van der Waals surface area contributed by atoms with E-state index in [9.17, 15) is 4.79 Å². The van der Waals surface area contributed by atoms with E-state index >= 15 is 0 Å². The summed E-state index contributed by atoms with van der Waals surface area (Å²) in [4.78, 5) is 12.3. The lowest BCUT2D eigenvalue weighted by Gasteiger charge is -2.08. The monoisotopic (exact) mass is 308 g/mol. The van der Waals surface area contributed by atoms with Crippen LogP contribution in [-0.2, 0) is 0 Å². The van der Waals surface area contributed by atoms with Gasteiger partial charge in [0, 0.05) is 11.6 Å². The molecule has 23 heavy (non-hydrogen) atoms. The van der Waals surface area contributed by atoms with Gasteiger partial charge in [0.05, 0.1) is 12.8 Å². The van der Waals surface area contributed by atoms with Gasteiger partial charge >= 0.3 is 0 Å². The molecule has 5 heteroatoms. The van der Waals surface area contributed by atoms with Crippen LogP contribution in [0.4, 0.5) is 5.69 Å². The van der Waals surface area contributed by atoms with Gasteiger partial charge in [-0.15, -0.1) is 0 Å². The fourth-order valence-electron chi connectivity index (χ4n) is 2.17. The van der Waals surface area contributed by atoms with E-state index < -0.39 is 0 Å². The van der Waals surface area contributed by atoms with E-state index in [0.29, 0.717) is 17.2 Å². The number of aromatic nitrogens is 1. The number of amides is 1. The van der Waals surface area contributed by atoms with E-state index in [0.717, 1.165) is 11.1 Å². The zero-order chi connectivity index (χ0) is 16.2. The second-order valence-electron chi connectivity index (χ2n) is 5.10. The Kier molecular flexibility index (Phi) is 4.10. The second kappa shape index (κ2) is 6.36. The van der Waals surface area contributed by atoms with Gasteiger partial charge in [-0.05, 0) is 19.1 Å². The van der Waals surface area contributed by atoms with E-state index in [1.54, 1.807) is 25.3 Å². The second-order valence-corrected chi connectivity index (χ2v) is 5.10. The van der Waals surface area contributed by atoms with Crippen LogP contribution < -0.4 is 10.1 Å². The van der Waals surface area contributed by atoms with Gasteiger partial charge in [-0.3, -0.25) is 4.79 Å². The molecule has 0 aliphatic carbocycles. The summed E-state index contributed by atoms with van der Waals surface area (Å²) in [5.74, 6) is 0.787. The summed E-state index contributed by atoms with van der Waals surface area (Å²) < 4.78 is 10.5. The largest absolute Gasteiger partial charge is 0.495 e. The molecule has 0 aliphatic rings. The molecule has 0 radical (unpaired) electrons. The lowest BCUT2D eigenvalue weighted by Crippen LogP contribution is -2.12. The highest BCUT2D eigenvalue weighted by Crippen LogP contribution is 2.25. The van der Waals surface area contributed by atoms with Crippen molar-refractivity contribution >= 4 is 11.6 Å². The highest BCUT2D eigenvalue weighted by atomic mass is 16.5. The SMILES string of the molecule is COc1ccccc1NC(=O)c1cc(-c2ccc(C)cc2)on1. The molecular formula is C18H16N2O3. The van der Waals surface area contributed by atoms with Crippen molar-refractivity contribution in [2.75, 3.05) is 12.4 Å². The van der Waals surface area contributed by atoms with Gasteiger partial charge in [0.1, 0.15) is 5.75 Å². The number of hydrogen-bond donors (Lipinski definition) is 1. The van der Waals surface area contributed by atoms with E-state index in [4.69, 9.17) is 9.26 Å². The first-order valence-corrected chi connectivity index (χ1v) is 7.15. The number of methoxy groups -OCH3 is 1. The van der Waals surface area contributed by atoms with Crippen LogP contribution in [0, 0.1) is 6.92 Å². The van der Waals surface area contributed by atoms with E-state index in [2.05, 4.69) is 10.5 Å². The van der Waals surface area contributed by atoms with Gasteiger partial charge in [-0.25, -0.2) is 0 Å². The average molecular weight is 308 g/mol. The maximum Gasteiger partial charge on any atom is 0.277 e. The molecule has 116 valence electrons. The summed E-state index contributed by atoms with van der Waals surface area (Å²) >= 11 is 0. The van der Waals surface area contributed by atoms with Crippen molar-refractivity contribution in [1.29, 1.82) is 0 Å². The van der Waals surface area contributed by atoms with Crippen LogP contribution in [0.2, 0.25) is 0 Å². The molecule has 0 saturated carbocycles. The van der Waals surface area contributed by atoms with Crippen LogP contribution in [-0.4, -0.2) is 18.2 Å². The summed E-state index contributed by atoms with van der Waals surface area (Å²) in [5, 5.41) is 6.60. The van der Waals surface area contributed by atoms with E-state index in [1.807, 2.05) is 43.3 Å². The number of nitrogens with one attached hydrogen (secondary N) is 1. The number of para-hydroxylation sites is 2. The van der Waals surface area contributed by atoms with Crippen molar-refractivity contribution in [2.45, 2.75) is 6.92 Å². The number of ether oxygens (including phenoxy) is 1. The first-order valence-electron chi connectivity index (χ1n) is 7.15. The Morgan fingerprint density at radius 2 is 1.87 bits per heavy atom. The molecule has 2 aromatic carbocycles. The van der Waals surface area contributed by atoms with Crippen molar-refractivity contribution in [3.8, 4) is 17.1 Å². The standard InChI is InChI=1S/C18H16N2O3/c1-12-7-9-13(10-8-12)17-11-15(20-23-17)18(21)19-14-5-3-4-6-16(14)22-2/h3-11H,1-2H3,(H,19,21). The summed E-state index contributed by atoms with van der Waals surface area (Å²) in [6.07, 6.45) is 0. The Morgan fingerprint density at radius 3 is 2.61 bits per heavy atom. The van der Waals surface area contributed by atoms with E-state index in [1.165, 1.54) is 0 Å². The zero-order valence-corrected chi connectivity index (χ0v) is 12.9. The molecule has 3 rings (SSSR count).